The zero-order valence-electron chi connectivity index (χ0n) is 10.5. The second-order valence-corrected chi connectivity index (χ2v) is 4.93. The van der Waals surface area contributed by atoms with Gasteiger partial charge in [0.15, 0.2) is 0 Å². The van der Waals surface area contributed by atoms with E-state index in [1.807, 2.05) is 26.8 Å². The number of hydrogen-bond donors (Lipinski definition) is 1. The minimum Gasteiger partial charge on any atom is -0.507 e. The molecule has 1 fully saturated rings. The number of rotatable bonds is 2. The molecule has 1 aromatic rings. The smallest absolute Gasteiger partial charge is 0.235 e. The van der Waals surface area contributed by atoms with E-state index < -0.39 is 0 Å². The Kier molecular flexibility index (Phi) is 2.80. The second kappa shape index (κ2) is 4.01. The van der Waals surface area contributed by atoms with E-state index in [-0.39, 0.29) is 5.54 Å². The Labute approximate surface area is 101 Å². The van der Waals surface area contributed by atoms with Crippen LogP contribution in [0.1, 0.15) is 41.5 Å². The molecule has 2 rings (SSSR count). The highest BCUT2D eigenvalue weighted by Gasteiger charge is 2.40. The Hall–Kier alpha value is -1.60. The number of isocyanates is 1. The molecule has 0 saturated heterocycles. The summed E-state index contributed by atoms with van der Waals surface area (Å²) in [6, 6.07) is 1.96. The summed E-state index contributed by atoms with van der Waals surface area (Å²) in [5.41, 5.74) is 3.45. The van der Waals surface area contributed by atoms with E-state index in [1.165, 1.54) is 0 Å². The Morgan fingerprint density at radius 2 is 1.94 bits per heavy atom. The van der Waals surface area contributed by atoms with Gasteiger partial charge in [0.05, 0.1) is 5.54 Å². The van der Waals surface area contributed by atoms with Crippen LogP contribution in [0, 0.1) is 20.8 Å². The van der Waals surface area contributed by atoms with Crippen molar-refractivity contribution in [2.45, 2.75) is 45.6 Å². The van der Waals surface area contributed by atoms with Crippen LogP contribution < -0.4 is 0 Å². The van der Waals surface area contributed by atoms with Crippen molar-refractivity contribution in [3.05, 3.63) is 28.3 Å². The first-order valence-electron chi connectivity index (χ1n) is 5.91. The van der Waals surface area contributed by atoms with E-state index in [0.29, 0.717) is 5.75 Å². The third-order valence-electron chi connectivity index (χ3n) is 4.00. The molecule has 0 amide bonds. The Morgan fingerprint density at radius 1 is 1.29 bits per heavy atom. The first kappa shape index (κ1) is 11.9. The van der Waals surface area contributed by atoms with Gasteiger partial charge in [0.2, 0.25) is 6.08 Å². The van der Waals surface area contributed by atoms with E-state index in [0.717, 1.165) is 41.5 Å². The zero-order chi connectivity index (χ0) is 12.6. The molecule has 0 unspecified atom stereocenters. The SMILES string of the molecule is Cc1cc(C2(N=C=O)CCC2)c(C)c(C)c1O. The maximum Gasteiger partial charge on any atom is 0.235 e. The van der Waals surface area contributed by atoms with Gasteiger partial charge in [0.25, 0.3) is 0 Å². The molecular formula is C14H17NO2. The molecule has 0 aromatic heterocycles. The van der Waals surface area contributed by atoms with Gasteiger partial charge in [-0.05, 0) is 68.4 Å². The topological polar surface area (TPSA) is 49.7 Å². The number of hydrogen-bond acceptors (Lipinski definition) is 3. The predicted molar refractivity (Wildman–Crippen MR) is 66.0 cm³/mol. The highest BCUT2D eigenvalue weighted by atomic mass is 16.3. The van der Waals surface area contributed by atoms with Gasteiger partial charge in [-0.2, -0.15) is 4.99 Å². The van der Waals surface area contributed by atoms with E-state index in [9.17, 15) is 9.90 Å². The largest absolute Gasteiger partial charge is 0.507 e. The van der Waals surface area contributed by atoms with Gasteiger partial charge >= 0.3 is 0 Å². The molecule has 0 spiro atoms. The van der Waals surface area contributed by atoms with E-state index in [2.05, 4.69) is 4.99 Å². The maximum atomic E-state index is 10.6. The van der Waals surface area contributed by atoms with E-state index in [1.54, 1.807) is 6.08 Å². The second-order valence-electron chi connectivity index (χ2n) is 4.93. The van der Waals surface area contributed by atoms with Crippen molar-refractivity contribution in [3.8, 4) is 5.75 Å². The summed E-state index contributed by atoms with van der Waals surface area (Å²) < 4.78 is 0. The van der Waals surface area contributed by atoms with Crippen LogP contribution in [0.2, 0.25) is 0 Å². The summed E-state index contributed by atoms with van der Waals surface area (Å²) in [4.78, 5) is 14.6. The lowest BCUT2D eigenvalue weighted by Gasteiger charge is -2.38. The lowest BCUT2D eigenvalue weighted by atomic mass is 9.70. The number of phenolic OH excluding ortho intramolecular Hbond substituents is 1. The van der Waals surface area contributed by atoms with Gasteiger partial charge in [0.1, 0.15) is 5.75 Å². The summed E-state index contributed by atoms with van der Waals surface area (Å²) in [6.45, 7) is 5.75. The van der Waals surface area contributed by atoms with E-state index >= 15 is 0 Å². The lowest BCUT2D eigenvalue weighted by Crippen LogP contribution is -2.33. The fraction of sp³-hybridized carbons (Fsp3) is 0.500. The first-order valence-corrected chi connectivity index (χ1v) is 5.91. The van der Waals surface area contributed by atoms with Crippen LogP contribution in [0.4, 0.5) is 0 Å². The molecule has 3 heteroatoms. The first-order chi connectivity index (χ1) is 8.02. The maximum absolute atomic E-state index is 10.6. The van der Waals surface area contributed by atoms with Gasteiger partial charge in [-0.15, -0.1) is 0 Å². The van der Waals surface area contributed by atoms with E-state index in [4.69, 9.17) is 0 Å². The molecule has 1 aliphatic carbocycles. The van der Waals surface area contributed by atoms with Crippen molar-refractivity contribution in [1.29, 1.82) is 0 Å². The summed E-state index contributed by atoms with van der Waals surface area (Å²) in [6.07, 6.45) is 4.58. The molecule has 3 nitrogen and oxygen atoms in total. The summed E-state index contributed by atoms with van der Waals surface area (Å²) >= 11 is 0. The van der Waals surface area contributed by atoms with Gasteiger partial charge in [0, 0.05) is 0 Å². The standard InChI is InChI=1S/C14H17NO2/c1-9-7-12(10(2)11(3)13(9)17)14(15-8-16)5-4-6-14/h7,17H,4-6H2,1-3H3. The molecule has 0 bridgehead atoms. The normalized spacial score (nSPS) is 17.1. The quantitative estimate of drug-likeness (QED) is 0.628. The van der Waals surface area contributed by atoms with Gasteiger partial charge in [-0.25, -0.2) is 4.79 Å². The number of aliphatic imine (C=N–C) groups is 1. The Bertz CT molecular complexity index is 509. The molecule has 17 heavy (non-hydrogen) atoms. The van der Waals surface area contributed by atoms with Crippen LogP contribution in [-0.2, 0) is 10.3 Å². The van der Waals surface area contributed by atoms with Crippen molar-refractivity contribution in [2.75, 3.05) is 0 Å². The fourth-order valence-corrected chi connectivity index (χ4v) is 2.59. The van der Waals surface area contributed by atoms with Crippen LogP contribution in [0.5, 0.6) is 5.75 Å². The number of phenols is 1. The average molecular weight is 231 g/mol. The fourth-order valence-electron chi connectivity index (χ4n) is 2.59. The summed E-state index contributed by atoms with van der Waals surface area (Å²) in [5.74, 6) is 0.343. The third kappa shape index (κ3) is 1.67. The molecule has 1 aromatic carbocycles. The van der Waals surface area contributed by atoms with Crippen LogP contribution >= 0.6 is 0 Å². The Morgan fingerprint density at radius 3 is 2.41 bits per heavy atom. The van der Waals surface area contributed by atoms with Gasteiger partial charge in [-0.3, -0.25) is 0 Å². The average Bonchev–Trinajstić information content (AvgIpc) is 2.26. The predicted octanol–water partition coefficient (Wildman–Crippen LogP) is 3.03. The number of aryl methyl sites for hydroxylation is 1. The number of nitrogens with zero attached hydrogens (tertiary/aromatic N) is 1. The van der Waals surface area contributed by atoms with Gasteiger partial charge in [-0.1, -0.05) is 0 Å². The third-order valence-corrected chi connectivity index (χ3v) is 4.00. The highest BCUT2D eigenvalue weighted by Crippen LogP contribution is 2.47. The summed E-state index contributed by atoms with van der Waals surface area (Å²) in [5, 5.41) is 9.89. The minimum absolute atomic E-state index is 0.343. The van der Waals surface area contributed by atoms with Crippen molar-refractivity contribution < 1.29 is 9.90 Å². The molecule has 0 heterocycles. The van der Waals surface area contributed by atoms with Crippen LogP contribution in [0.3, 0.4) is 0 Å². The summed E-state index contributed by atoms with van der Waals surface area (Å²) in [7, 11) is 0. The van der Waals surface area contributed by atoms with Crippen molar-refractivity contribution >= 4 is 6.08 Å². The molecule has 90 valence electrons. The molecule has 0 atom stereocenters. The van der Waals surface area contributed by atoms with Crippen LogP contribution in [0.25, 0.3) is 0 Å². The van der Waals surface area contributed by atoms with Crippen molar-refractivity contribution in [1.82, 2.24) is 0 Å². The number of aromatic hydroxyl groups is 1. The molecule has 1 aliphatic rings. The lowest BCUT2D eigenvalue weighted by molar-refractivity contribution is 0.254. The molecule has 1 saturated carbocycles. The number of benzene rings is 1. The molecule has 0 aliphatic heterocycles. The van der Waals surface area contributed by atoms with Crippen molar-refractivity contribution in [2.24, 2.45) is 4.99 Å². The number of carbonyl (C=O) groups excluding carboxylic acids is 1. The highest BCUT2D eigenvalue weighted by molar-refractivity contribution is 5.52. The molecule has 1 N–H and O–H groups in total. The van der Waals surface area contributed by atoms with Crippen LogP contribution in [0.15, 0.2) is 11.1 Å². The molecular weight excluding hydrogens is 214 g/mol. The minimum atomic E-state index is -0.380. The Balaban J connectivity index is 2.63. The zero-order valence-corrected chi connectivity index (χ0v) is 10.5. The molecule has 0 radical (unpaired) electrons. The van der Waals surface area contributed by atoms with Crippen molar-refractivity contribution in [3.63, 3.8) is 0 Å². The van der Waals surface area contributed by atoms with Gasteiger partial charge < -0.3 is 5.11 Å². The van der Waals surface area contributed by atoms with Crippen LogP contribution in [-0.4, -0.2) is 11.2 Å². The monoisotopic (exact) mass is 231 g/mol.